The molecule has 12 heteroatoms. The number of anilines is 1. The van der Waals surface area contributed by atoms with Crippen LogP contribution in [0.15, 0.2) is 60.7 Å². The monoisotopic (exact) mass is 627 g/mol. The molecule has 5 N–H and O–H groups in total. The van der Waals surface area contributed by atoms with E-state index < -0.39 is 23.2 Å². The fourth-order valence-corrected chi connectivity index (χ4v) is 5.67. The van der Waals surface area contributed by atoms with Gasteiger partial charge in [-0.2, -0.15) is 0 Å². The summed E-state index contributed by atoms with van der Waals surface area (Å²) >= 11 is 0. The third kappa shape index (κ3) is 7.07. The molecule has 0 unspecified atom stereocenters. The molecule has 1 atom stereocenters. The van der Waals surface area contributed by atoms with Crippen LogP contribution in [0.4, 0.5) is 10.1 Å². The lowest BCUT2D eigenvalue weighted by molar-refractivity contribution is -0.143. The standard InChI is InChI=1S/C34H38FN7O4/c1-4-46-29(43)20-38-34(3,33(45)42-17-5-6-18-42)26-15-16-27-30(21(26)2)40-28(39-27)19-37-25-13-9-22(10-14-25)31(36)41-32(44)23-7-11-24(35)12-8-23/h7-16,37-38H,4-6,17-20H2,1-3H3,(H,39,40)(H2,36,41,44)/t34-/m1/s1. The number of amides is 2. The van der Waals surface area contributed by atoms with Crippen LogP contribution >= 0.6 is 0 Å². The van der Waals surface area contributed by atoms with Gasteiger partial charge in [-0.25, -0.2) is 9.37 Å². The SMILES string of the molecule is CCOC(=O)CN[C@@](C)(C(=O)N1CCCC1)c1ccc2[nH]c(CNc3ccc(C(=N)NC(=O)c4ccc(F)cc4)cc3)nc2c1C. The number of carbonyl (C=O) groups is 3. The van der Waals surface area contributed by atoms with E-state index in [1.165, 1.54) is 24.3 Å². The van der Waals surface area contributed by atoms with Gasteiger partial charge in [-0.05, 0) is 99.3 Å². The number of hydrogen-bond donors (Lipinski definition) is 5. The van der Waals surface area contributed by atoms with Crippen LogP contribution in [-0.4, -0.2) is 64.7 Å². The Morgan fingerprint density at radius 1 is 1.02 bits per heavy atom. The molecule has 240 valence electrons. The Kier molecular flexibility index (Phi) is 9.76. The van der Waals surface area contributed by atoms with Crippen molar-refractivity contribution in [3.05, 3.63) is 94.6 Å². The van der Waals surface area contributed by atoms with Gasteiger partial charge in [0.15, 0.2) is 0 Å². The summed E-state index contributed by atoms with van der Waals surface area (Å²) in [4.78, 5) is 48.4. The number of nitrogens with one attached hydrogen (secondary N) is 5. The number of halogens is 1. The molecule has 0 bridgehead atoms. The highest BCUT2D eigenvalue weighted by atomic mass is 19.1. The molecule has 2 amide bonds. The lowest BCUT2D eigenvalue weighted by atomic mass is 9.86. The summed E-state index contributed by atoms with van der Waals surface area (Å²) in [6, 6.07) is 15.9. The number of benzene rings is 3. The topological polar surface area (TPSA) is 152 Å². The first-order valence-electron chi connectivity index (χ1n) is 15.3. The highest BCUT2D eigenvalue weighted by Gasteiger charge is 2.41. The predicted molar refractivity (Wildman–Crippen MR) is 173 cm³/mol. The maximum atomic E-state index is 13.8. The molecule has 0 spiro atoms. The van der Waals surface area contributed by atoms with Gasteiger partial charge in [0.1, 0.15) is 23.0 Å². The first-order valence-corrected chi connectivity index (χ1v) is 15.3. The lowest BCUT2D eigenvalue weighted by Gasteiger charge is -2.35. The summed E-state index contributed by atoms with van der Waals surface area (Å²) in [7, 11) is 0. The third-order valence-corrected chi connectivity index (χ3v) is 8.19. The lowest BCUT2D eigenvalue weighted by Crippen LogP contribution is -2.54. The van der Waals surface area contributed by atoms with E-state index in [4.69, 9.17) is 15.1 Å². The van der Waals surface area contributed by atoms with Gasteiger partial charge in [0, 0.05) is 29.9 Å². The molecular weight excluding hydrogens is 589 g/mol. The number of carbonyl (C=O) groups excluding carboxylic acids is 3. The summed E-state index contributed by atoms with van der Waals surface area (Å²) in [5.74, 6) is -0.826. The molecule has 5 rings (SSSR count). The van der Waals surface area contributed by atoms with Crippen molar-refractivity contribution in [1.82, 2.24) is 25.5 Å². The number of ether oxygens (including phenoxy) is 1. The van der Waals surface area contributed by atoms with Crippen LogP contribution < -0.4 is 16.0 Å². The van der Waals surface area contributed by atoms with Crippen LogP contribution in [0, 0.1) is 18.2 Å². The normalized spacial score (nSPS) is 14.1. The van der Waals surface area contributed by atoms with Gasteiger partial charge in [0.2, 0.25) is 5.91 Å². The van der Waals surface area contributed by atoms with E-state index in [-0.39, 0.29) is 30.5 Å². The number of aryl methyl sites for hydroxylation is 1. The minimum atomic E-state index is -1.15. The average Bonchev–Trinajstić information content (AvgIpc) is 3.74. The average molecular weight is 628 g/mol. The van der Waals surface area contributed by atoms with E-state index in [1.54, 1.807) is 31.2 Å². The van der Waals surface area contributed by atoms with E-state index in [9.17, 15) is 18.8 Å². The van der Waals surface area contributed by atoms with E-state index in [0.29, 0.717) is 31.0 Å². The van der Waals surface area contributed by atoms with E-state index in [1.807, 2.05) is 30.9 Å². The number of nitrogens with zero attached hydrogens (tertiary/aromatic N) is 2. The Morgan fingerprint density at radius 2 is 1.70 bits per heavy atom. The number of imidazole rings is 1. The van der Waals surface area contributed by atoms with Crippen molar-refractivity contribution in [3.63, 3.8) is 0 Å². The summed E-state index contributed by atoms with van der Waals surface area (Å²) in [5.41, 5.74) is 3.53. The number of aromatic nitrogens is 2. The van der Waals surface area contributed by atoms with Crippen LogP contribution in [0.25, 0.3) is 11.0 Å². The Hall–Kier alpha value is -5.10. The number of amidine groups is 1. The summed E-state index contributed by atoms with van der Waals surface area (Å²) < 4.78 is 18.3. The van der Waals surface area contributed by atoms with Crippen molar-refractivity contribution in [2.24, 2.45) is 0 Å². The Bertz CT molecular complexity index is 1750. The predicted octanol–water partition coefficient (Wildman–Crippen LogP) is 4.37. The van der Waals surface area contributed by atoms with Crippen LogP contribution in [0.2, 0.25) is 0 Å². The molecule has 2 heterocycles. The maximum absolute atomic E-state index is 13.8. The van der Waals surface area contributed by atoms with Gasteiger partial charge in [0.05, 0.1) is 30.7 Å². The second-order valence-electron chi connectivity index (χ2n) is 11.4. The van der Waals surface area contributed by atoms with Gasteiger partial charge in [-0.1, -0.05) is 6.07 Å². The Morgan fingerprint density at radius 3 is 2.37 bits per heavy atom. The number of hydrogen-bond acceptors (Lipinski definition) is 8. The minimum absolute atomic E-state index is 0.0728. The van der Waals surface area contributed by atoms with Crippen LogP contribution in [0.3, 0.4) is 0 Å². The van der Waals surface area contributed by atoms with E-state index in [0.717, 1.165) is 40.7 Å². The molecule has 1 fully saturated rings. The van der Waals surface area contributed by atoms with Crippen molar-refractivity contribution in [1.29, 1.82) is 5.41 Å². The molecule has 1 aliphatic heterocycles. The molecule has 1 saturated heterocycles. The molecule has 1 aliphatic rings. The summed E-state index contributed by atoms with van der Waals surface area (Å²) in [6.07, 6.45) is 1.90. The highest BCUT2D eigenvalue weighted by molar-refractivity contribution is 6.11. The van der Waals surface area contributed by atoms with E-state index >= 15 is 0 Å². The zero-order valence-electron chi connectivity index (χ0n) is 26.1. The summed E-state index contributed by atoms with van der Waals surface area (Å²) in [6.45, 7) is 7.40. The number of likely N-dealkylation sites (tertiary alicyclic amines) is 1. The molecular formula is C34H38FN7O4. The number of H-pyrrole nitrogens is 1. The molecule has 3 aromatic carbocycles. The van der Waals surface area contributed by atoms with Gasteiger partial charge in [-0.15, -0.1) is 0 Å². The molecule has 1 aromatic heterocycles. The number of esters is 1. The second-order valence-corrected chi connectivity index (χ2v) is 11.4. The zero-order chi connectivity index (χ0) is 32.8. The third-order valence-electron chi connectivity index (χ3n) is 8.19. The molecule has 11 nitrogen and oxygen atoms in total. The number of fused-ring (bicyclic) bond motifs is 1. The maximum Gasteiger partial charge on any atom is 0.319 e. The number of aromatic amines is 1. The smallest absolute Gasteiger partial charge is 0.319 e. The first-order chi connectivity index (χ1) is 22.1. The highest BCUT2D eigenvalue weighted by Crippen LogP contribution is 2.32. The Labute approximate surface area is 266 Å². The van der Waals surface area contributed by atoms with Crippen LogP contribution in [-0.2, 0) is 26.4 Å². The second kappa shape index (κ2) is 13.9. The number of rotatable bonds is 11. The fraction of sp³-hybridized carbons (Fsp3) is 0.324. The van der Waals surface area contributed by atoms with Gasteiger partial charge in [-0.3, -0.25) is 25.1 Å². The molecule has 0 saturated carbocycles. The van der Waals surface area contributed by atoms with Crippen molar-refractivity contribution in [2.75, 3.05) is 31.6 Å². The Balaban J connectivity index is 1.28. The minimum Gasteiger partial charge on any atom is -0.465 e. The van der Waals surface area contributed by atoms with Crippen LogP contribution in [0.5, 0.6) is 0 Å². The zero-order valence-corrected chi connectivity index (χ0v) is 26.1. The molecule has 0 radical (unpaired) electrons. The van der Waals surface area contributed by atoms with E-state index in [2.05, 4.69) is 20.9 Å². The van der Waals surface area contributed by atoms with Crippen molar-refractivity contribution in [2.45, 2.75) is 45.7 Å². The van der Waals surface area contributed by atoms with Crippen molar-refractivity contribution in [3.8, 4) is 0 Å². The molecule has 46 heavy (non-hydrogen) atoms. The summed E-state index contributed by atoms with van der Waals surface area (Å²) in [5, 5.41) is 17.3. The van der Waals surface area contributed by atoms with Crippen molar-refractivity contribution < 1.29 is 23.5 Å². The first kappa shape index (κ1) is 32.3. The van der Waals surface area contributed by atoms with Crippen molar-refractivity contribution >= 4 is 40.3 Å². The molecule has 0 aliphatic carbocycles. The van der Waals surface area contributed by atoms with Gasteiger partial charge < -0.3 is 25.3 Å². The quantitative estimate of drug-likeness (QED) is 0.0941. The van der Waals surface area contributed by atoms with Gasteiger partial charge in [0.25, 0.3) is 5.91 Å². The van der Waals surface area contributed by atoms with Crippen LogP contribution in [0.1, 0.15) is 59.6 Å². The molecule has 4 aromatic rings. The fourth-order valence-electron chi connectivity index (χ4n) is 5.67. The largest absolute Gasteiger partial charge is 0.465 e. The van der Waals surface area contributed by atoms with Gasteiger partial charge >= 0.3 is 5.97 Å².